The van der Waals surface area contributed by atoms with E-state index < -0.39 is 23.1 Å². The summed E-state index contributed by atoms with van der Waals surface area (Å²) in [5.74, 6) is -0.880. The number of nitrogens with one attached hydrogen (secondary N) is 1. The van der Waals surface area contributed by atoms with Crippen molar-refractivity contribution in [1.82, 2.24) is 10.2 Å². The number of nitrogens with zero attached hydrogens (tertiary/aromatic N) is 4. The lowest BCUT2D eigenvalue weighted by molar-refractivity contribution is -0.136. The van der Waals surface area contributed by atoms with E-state index >= 15 is 0 Å². The van der Waals surface area contributed by atoms with Crippen LogP contribution < -0.4 is 5.32 Å². The van der Waals surface area contributed by atoms with Gasteiger partial charge in [0.25, 0.3) is 5.91 Å². The number of hydrogen-bond acceptors (Lipinski definition) is 6. The fourth-order valence-corrected chi connectivity index (χ4v) is 4.44. The largest absolute Gasteiger partial charge is 0.611 e. The van der Waals surface area contributed by atoms with E-state index in [4.69, 9.17) is 10.3 Å². The Hall–Kier alpha value is -2.59. The van der Waals surface area contributed by atoms with E-state index in [9.17, 15) is 18.9 Å². The average molecular weight is 405 g/mol. The Morgan fingerprint density at radius 1 is 1.36 bits per heavy atom. The highest BCUT2D eigenvalue weighted by molar-refractivity contribution is 7.91. The van der Waals surface area contributed by atoms with Gasteiger partial charge in [-0.1, -0.05) is 11.2 Å². The first-order valence-corrected chi connectivity index (χ1v) is 10.1. The molecule has 1 fully saturated rings. The first kappa shape index (κ1) is 20.2. The van der Waals surface area contributed by atoms with Gasteiger partial charge in [0.15, 0.2) is 4.90 Å². The number of rotatable bonds is 8. The second kappa shape index (κ2) is 9.07. The molecule has 0 radical (unpaired) electrons. The van der Waals surface area contributed by atoms with Crippen LogP contribution in [-0.2, 0) is 32.0 Å². The van der Waals surface area contributed by atoms with Crippen LogP contribution in [-0.4, -0.2) is 58.7 Å². The van der Waals surface area contributed by atoms with E-state index in [-0.39, 0.29) is 56.7 Å². The van der Waals surface area contributed by atoms with Gasteiger partial charge in [-0.2, -0.15) is 0 Å². The fourth-order valence-electron chi connectivity index (χ4n) is 3.27. The second-order valence-electron chi connectivity index (χ2n) is 6.30. The molecule has 1 saturated heterocycles. The highest BCUT2D eigenvalue weighted by atomic mass is 32.2. The predicted octanol–water partition coefficient (Wildman–Crippen LogP) is 0.882. The summed E-state index contributed by atoms with van der Waals surface area (Å²) < 4.78 is 18.0. The van der Waals surface area contributed by atoms with Gasteiger partial charge in [0, 0.05) is 29.0 Å². The van der Waals surface area contributed by atoms with Gasteiger partial charge < -0.3 is 14.2 Å². The summed E-state index contributed by atoms with van der Waals surface area (Å²) in [5.41, 5.74) is 9.27. The van der Waals surface area contributed by atoms with Crippen molar-refractivity contribution >= 4 is 28.9 Å². The maximum atomic E-state index is 12.8. The minimum Gasteiger partial charge on any atom is -0.611 e. The molecule has 1 aromatic carbocycles. The SMILES string of the molecule is [N-]=[N+]=NCCOCC[S+]([O-])c1cccc2c1CN(C1CCC(=O)NC1=O)C2=O. The van der Waals surface area contributed by atoms with Crippen LogP contribution in [0, 0.1) is 0 Å². The number of carbonyl (C=O) groups is 3. The fraction of sp³-hybridized carbons (Fsp3) is 0.471. The molecule has 2 aliphatic rings. The lowest BCUT2D eigenvalue weighted by Crippen LogP contribution is -2.52. The zero-order chi connectivity index (χ0) is 20.1. The number of hydrogen-bond donors (Lipinski definition) is 1. The molecule has 28 heavy (non-hydrogen) atoms. The summed E-state index contributed by atoms with van der Waals surface area (Å²) in [6.07, 6.45) is 0.463. The molecule has 0 bridgehead atoms. The van der Waals surface area contributed by atoms with Crippen LogP contribution >= 0.6 is 0 Å². The summed E-state index contributed by atoms with van der Waals surface area (Å²) in [7, 11) is 0. The molecule has 2 atom stereocenters. The topological polar surface area (TPSA) is 148 Å². The van der Waals surface area contributed by atoms with Crippen molar-refractivity contribution < 1.29 is 23.7 Å². The lowest BCUT2D eigenvalue weighted by Gasteiger charge is -2.29. The number of piperidine rings is 1. The molecule has 0 spiro atoms. The number of imide groups is 1. The first-order chi connectivity index (χ1) is 13.5. The summed E-state index contributed by atoms with van der Waals surface area (Å²) in [4.78, 5) is 40.8. The van der Waals surface area contributed by atoms with Crippen LogP contribution in [0.15, 0.2) is 28.2 Å². The highest BCUT2D eigenvalue weighted by Crippen LogP contribution is 2.32. The standard InChI is InChI=1S/C17H19N5O5S/c18-21-19-6-7-27-8-9-28(26)14-3-1-2-11-12(14)10-22(17(11)25)13-4-5-15(23)20-16(13)24/h1-3,13H,4-10H2,(H,20,23,24). The lowest BCUT2D eigenvalue weighted by atomic mass is 10.0. The van der Waals surface area contributed by atoms with Crippen molar-refractivity contribution in [3.05, 3.63) is 39.8 Å². The molecule has 0 aliphatic carbocycles. The number of ether oxygens (including phenoxy) is 1. The molecule has 0 aromatic heterocycles. The van der Waals surface area contributed by atoms with E-state index in [1.54, 1.807) is 18.2 Å². The van der Waals surface area contributed by atoms with Crippen molar-refractivity contribution in [3.63, 3.8) is 0 Å². The van der Waals surface area contributed by atoms with Crippen molar-refractivity contribution in [1.29, 1.82) is 0 Å². The summed E-state index contributed by atoms with van der Waals surface area (Å²) in [5, 5.41) is 5.61. The van der Waals surface area contributed by atoms with E-state index in [2.05, 4.69) is 15.3 Å². The van der Waals surface area contributed by atoms with E-state index in [1.165, 1.54) is 4.90 Å². The van der Waals surface area contributed by atoms with E-state index in [1.807, 2.05) is 0 Å². The smallest absolute Gasteiger partial charge is 0.255 e. The third-order valence-corrected chi connectivity index (χ3v) is 6.01. The minimum absolute atomic E-state index is 0.181. The van der Waals surface area contributed by atoms with E-state index in [0.717, 1.165) is 0 Å². The second-order valence-corrected chi connectivity index (χ2v) is 7.84. The van der Waals surface area contributed by atoms with Gasteiger partial charge >= 0.3 is 0 Å². The molecular weight excluding hydrogens is 386 g/mol. The monoisotopic (exact) mass is 405 g/mol. The van der Waals surface area contributed by atoms with Gasteiger partial charge in [0.2, 0.25) is 11.8 Å². The van der Waals surface area contributed by atoms with Gasteiger partial charge in [0.1, 0.15) is 11.8 Å². The highest BCUT2D eigenvalue weighted by Gasteiger charge is 2.41. The molecule has 10 nitrogen and oxygen atoms in total. The van der Waals surface area contributed by atoms with E-state index in [0.29, 0.717) is 16.0 Å². The Labute approximate surface area is 164 Å². The number of fused-ring (bicyclic) bond motifs is 1. The maximum Gasteiger partial charge on any atom is 0.255 e. The quantitative estimate of drug-likeness (QED) is 0.170. The van der Waals surface area contributed by atoms with Crippen molar-refractivity contribution in [3.8, 4) is 0 Å². The number of amides is 3. The third kappa shape index (κ3) is 4.28. The van der Waals surface area contributed by atoms with Crippen LogP contribution in [0.5, 0.6) is 0 Å². The van der Waals surface area contributed by atoms with Crippen LogP contribution in [0.1, 0.15) is 28.8 Å². The van der Waals surface area contributed by atoms with Crippen LogP contribution in [0.2, 0.25) is 0 Å². The molecule has 2 heterocycles. The Bertz CT molecular complexity index is 841. The zero-order valence-electron chi connectivity index (χ0n) is 15.0. The van der Waals surface area contributed by atoms with Gasteiger partial charge in [-0.05, 0) is 35.3 Å². The van der Waals surface area contributed by atoms with Crippen LogP contribution in [0.3, 0.4) is 0 Å². The Balaban J connectivity index is 1.67. The Morgan fingerprint density at radius 3 is 2.93 bits per heavy atom. The average Bonchev–Trinajstić information content (AvgIpc) is 3.01. The molecule has 2 unspecified atom stereocenters. The van der Waals surface area contributed by atoms with Crippen molar-refractivity contribution in [2.24, 2.45) is 5.11 Å². The first-order valence-electron chi connectivity index (χ1n) is 8.76. The van der Waals surface area contributed by atoms with Crippen LogP contribution in [0.4, 0.5) is 0 Å². The molecule has 2 aliphatic heterocycles. The molecule has 11 heteroatoms. The number of benzene rings is 1. The molecule has 0 saturated carbocycles. The van der Waals surface area contributed by atoms with Gasteiger partial charge in [0.05, 0.1) is 19.8 Å². The molecule has 148 valence electrons. The zero-order valence-corrected chi connectivity index (χ0v) is 15.8. The maximum absolute atomic E-state index is 12.8. The molecular formula is C17H19N5O5S. The Kier molecular flexibility index (Phi) is 6.53. The van der Waals surface area contributed by atoms with Crippen LogP contribution in [0.25, 0.3) is 10.4 Å². The summed E-state index contributed by atoms with van der Waals surface area (Å²) in [6.45, 7) is 0.858. The molecule has 3 rings (SSSR count). The summed E-state index contributed by atoms with van der Waals surface area (Å²) >= 11 is -1.38. The number of azide groups is 1. The Morgan fingerprint density at radius 2 is 2.18 bits per heavy atom. The third-order valence-electron chi connectivity index (χ3n) is 4.60. The normalized spacial score (nSPS) is 19.8. The summed E-state index contributed by atoms with van der Waals surface area (Å²) in [6, 6.07) is 4.32. The number of carbonyl (C=O) groups excluding carboxylic acids is 3. The van der Waals surface area contributed by atoms with Gasteiger partial charge in [-0.15, -0.1) is 0 Å². The minimum atomic E-state index is -1.38. The molecule has 1 aromatic rings. The van der Waals surface area contributed by atoms with Gasteiger partial charge in [-0.3, -0.25) is 19.7 Å². The van der Waals surface area contributed by atoms with Gasteiger partial charge in [-0.25, -0.2) is 0 Å². The van der Waals surface area contributed by atoms with Crippen molar-refractivity contribution in [2.75, 3.05) is 25.5 Å². The van der Waals surface area contributed by atoms with Crippen molar-refractivity contribution in [2.45, 2.75) is 30.3 Å². The predicted molar refractivity (Wildman–Crippen MR) is 98.6 cm³/mol. The molecule has 1 N–H and O–H groups in total. The molecule has 3 amide bonds.